The van der Waals surface area contributed by atoms with Gasteiger partial charge in [-0.1, -0.05) is 18.2 Å². The Labute approximate surface area is 139 Å². The fourth-order valence-electron chi connectivity index (χ4n) is 1.79. The lowest BCUT2D eigenvalue weighted by Crippen LogP contribution is -2.37. The maximum absolute atomic E-state index is 13.3. The third-order valence-corrected chi connectivity index (χ3v) is 2.91. The van der Waals surface area contributed by atoms with E-state index in [0.717, 1.165) is 24.3 Å². The van der Waals surface area contributed by atoms with Gasteiger partial charge in [-0.25, -0.2) is 9.18 Å². The number of rotatable bonds is 4. The molecule has 2 aromatic rings. The fourth-order valence-corrected chi connectivity index (χ4v) is 1.79. The second-order valence-corrected chi connectivity index (χ2v) is 4.80. The van der Waals surface area contributed by atoms with Crippen molar-refractivity contribution in [3.05, 3.63) is 59.9 Å². The summed E-state index contributed by atoms with van der Waals surface area (Å²) >= 11 is 0. The van der Waals surface area contributed by atoms with Crippen molar-refractivity contribution in [3.63, 3.8) is 0 Å². The van der Waals surface area contributed by atoms with Crippen molar-refractivity contribution in [1.82, 2.24) is 5.32 Å². The summed E-state index contributed by atoms with van der Waals surface area (Å²) in [6.07, 6.45) is -4.54. The van der Waals surface area contributed by atoms with Crippen molar-refractivity contribution in [3.8, 4) is 5.75 Å². The van der Waals surface area contributed by atoms with E-state index in [1.807, 2.05) is 5.32 Å². The summed E-state index contributed by atoms with van der Waals surface area (Å²) in [6.45, 7) is -0.688. The van der Waals surface area contributed by atoms with Gasteiger partial charge in [0.2, 0.25) is 0 Å². The van der Waals surface area contributed by atoms with Crippen LogP contribution in [0.3, 0.4) is 0 Å². The summed E-state index contributed by atoms with van der Waals surface area (Å²) in [5.74, 6) is -1.78. The number of imide groups is 1. The van der Waals surface area contributed by atoms with Crippen LogP contribution in [0.15, 0.2) is 48.5 Å². The number of hydrogen-bond donors (Lipinski definition) is 2. The van der Waals surface area contributed by atoms with Crippen molar-refractivity contribution >= 4 is 17.6 Å². The van der Waals surface area contributed by atoms with Crippen LogP contribution in [0.2, 0.25) is 0 Å². The molecule has 0 saturated heterocycles. The number of hydrogen-bond acceptors (Lipinski definition) is 3. The molecule has 0 unspecified atom stereocenters. The first-order valence-corrected chi connectivity index (χ1v) is 6.91. The number of nitrogens with one attached hydrogen (secondary N) is 2. The number of urea groups is 1. The van der Waals surface area contributed by atoms with Crippen LogP contribution in [0.1, 0.15) is 5.56 Å². The Hall–Kier alpha value is -3.10. The van der Waals surface area contributed by atoms with Crippen LogP contribution < -0.4 is 15.4 Å². The Morgan fingerprint density at radius 3 is 2.44 bits per heavy atom. The Morgan fingerprint density at radius 2 is 1.76 bits per heavy atom. The smallest absolute Gasteiger partial charge is 0.416 e. The normalized spacial score (nSPS) is 10.9. The maximum Gasteiger partial charge on any atom is 0.416 e. The number of amides is 3. The summed E-state index contributed by atoms with van der Waals surface area (Å²) in [5, 5.41) is 3.99. The van der Waals surface area contributed by atoms with Crippen LogP contribution in [0, 0.1) is 5.82 Å². The minimum absolute atomic E-state index is 0.133. The zero-order valence-electron chi connectivity index (χ0n) is 12.6. The number of carbonyl (C=O) groups is 2. The van der Waals surface area contributed by atoms with E-state index in [-0.39, 0.29) is 11.4 Å². The second-order valence-electron chi connectivity index (χ2n) is 4.80. The van der Waals surface area contributed by atoms with E-state index in [2.05, 4.69) is 5.32 Å². The molecule has 2 rings (SSSR count). The number of halogens is 4. The number of anilines is 1. The first-order valence-electron chi connectivity index (χ1n) is 6.91. The van der Waals surface area contributed by atoms with Gasteiger partial charge in [-0.15, -0.1) is 0 Å². The lowest BCUT2D eigenvalue weighted by Gasteiger charge is -2.10. The molecule has 0 spiro atoms. The Balaban J connectivity index is 1.87. The minimum atomic E-state index is -4.54. The largest absolute Gasteiger partial charge is 0.484 e. The average molecular weight is 356 g/mol. The standard InChI is InChI=1S/C16H12F4N2O3/c17-12-6-1-2-7-13(12)21-15(24)22-14(23)9-25-11-5-3-4-10(8-11)16(18,19)20/h1-8H,9H2,(H2,21,22,23,24). The molecule has 0 saturated carbocycles. The van der Waals surface area contributed by atoms with Gasteiger partial charge in [0.1, 0.15) is 11.6 Å². The summed E-state index contributed by atoms with van der Waals surface area (Å²) in [6, 6.07) is 8.27. The van der Waals surface area contributed by atoms with Gasteiger partial charge in [-0.3, -0.25) is 10.1 Å². The third-order valence-electron chi connectivity index (χ3n) is 2.91. The highest BCUT2D eigenvalue weighted by Crippen LogP contribution is 2.31. The van der Waals surface area contributed by atoms with E-state index in [1.54, 1.807) is 0 Å². The molecule has 0 bridgehead atoms. The van der Waals surface area contributed by atoms with Crippen LogP contribution >= 0.6 is 0 Å². The summed E-state index contributed by atoms with van der Waals surface area (Å²) in [4.78, 5) is 23.1. The first kappa shape index (κ1) is 18.2. The van der Waals surface area contributed by atoms with Gasteiger partial charge in [-0.05, 0) is 30.3 Å². The number of carbonyl (C=O) groups excluding carboxylic acids is 2. The average Bonchev–Trinajstić information content (AvgIpc) is 2.54. The predicted octanol–water partition coefficient (Wildman–Crippen LogP) is 3.57. The van der Waals surface area contributed by atoms with Gasteiger partial charge < -0.3 is 10.1 Å². The quantitative estimate of drug-likeness (QED) is 0.823. The Bertz CT molecular complexity index is 778. The van der Waals surface area contributed by atoms with Crippen molar-refractivity contribution in [2.45, 2.75) is 6.18 Å². The Morgan fingerprint density at radius 1 is 1.04 bits per heavy atom. The lowest BCUT2D eigenvalue weighted by molar-refractivity contribution is -0.137. The molecule has 9 heteroatoms. The van der Waals surface area contributed by atoms with Gasteiger partial charge >= 0.3 is 12.2 Å². The molecule has 0 aliphatic rings. The van der Waals surface area contributed by atoms with Crippen molar-refractivity contribution < 1.29 is 31.9 Å². The topological polar surface area (TPSA) is 67.4 Å². The molecule has 0 aromatic heterocycles. The van der Waals surface area contributed by atoms with Crippen LogP contribution in [-0.4, -0.2) is 18.5 Å². The summed E-state index contributed by atoms with van der Waals surface area (Å²) in [7, 11) is 0. The van der Waals surface area contributed by atoms with E-state index in [4.69, 9.17) is 4.74 Å². The monoisotopic (exact) mass is 356 g/mol. The van der Waals surface area contributed by atoms with E-state index in [9.17, 15) is 27.2 Å². The molecule has 0 radical (unpaired) electrons. The number of ether oxygens (including phenoxy) is 1. The SMILES string of the molecule is O=C(COc1cccc(C(F)(F)F)c1)NC(=O)Nc1ccccc1F. The van der Waals surface area contributed by atoms with Crippen LogP contribution in [-0.2, 0) is 11.0 Å². The molecule has 0 fully saturated rings. The highest BCUT2D eigenvalue weighted by atomic mass is 19.4. The molecule has 25 heavy (non-hydrogen) atoms. The van der Waals surface area contributed by atoms with Crippen LogP contribution in [0.25, 0.3) is 0 Å². The van der Waals surface area contributed by atoms with Gasteiger partial charge in [0.25, 0.3) is 5.91 Å². The van der Waals surface area contributed by atoms with Crippen molar-refractivity contribution in [1.29, 1.82) is 0 Å². The van der Waals surface area contributed by atoms with Gasteiger partial charge in [0, 0.05) is 0 Å². The lowest BCUT2D eigenvalue weighted by atomic mass is 10.2. The van der Waals surface area contributed by atoms with E-state index < -0.39 is 36.1 Å². The first-order chi connectivity index (χ1) is 11.8. The summed E-state index contributed by atoms with van der Waals surface area (Å²) in [5.41, 5.74) is -1.06. The highest BCUT2D eigenvalue weighted by Gasteiger charge is 2.30. The minimum Gasteiger partial charge on any atom is -0.484 e. The molecule has 2 aromatic carbocycles. The summed E-state index contributed by atoms with van der Waals surface area (Å²) < 4.78 is 55.9. The highest BCUT2D eigenvalue weighted by molar-refractivity contribution is 6.01. The van der Waals surface area contributed by atoms with Crippen molar-refractivity contribution in [2.24, 2.45) is 0 Å². The maximum atomic E-state index is 13.3. The molecule has 3 amide bonds. The number of alkyl halides is 3. The molecular weight excluding hydrogens is 344 g/mol. The predicted molar refractivity (Wildman–Crippen MR) is 80.5 cm³/mol. The molecule has 2 N–H and O–H groups in total. The molecule has 5 nitrogen and oxygen atoms in total. The molecule has 0 aliphatic carbocycles. The van der Waals surface area contributed by atoms with E-state index in [0.29, 0.717) is 0 Å². The zero-order valence-corrected chi connectivity index (χ0v) is 12.6. The van der Waals surface area contributed by atoms with Gasteiger partial charge in [0.05, 0.1) is 11.3 Å². The molecule has 0 heterocycles. The van der Waals surface area contributed by atoms with Gasteiger partial charge in [-0.2, -0.15) is 13.2 Å². The number of benzene rings is 2. The molecule has 132 valence electrons. The zero-order chi connectivity index (χ0) is 18.4. The van der Waals surface area contributed by atoms with Crippen LogP contribution in [0.4, 0.5) is 28.0 Å². The van der Waals surface area contributed by atoms with Crippen molar-refractivity contribution in [2.75, 3.05) is 11.9 Å². The molecule has 0 aliphatic heterocycles. The Kier molecular flexibility index (Phi) is 5.58. The van der Waals surface area contributed by atoms with Crippen LogP contribution in [0.5, 0.6) is 5.75 Å². The molecule has 0 atom stereocenters. The van der Waals surface area contributed by atoms with Gasteiger partial charge in [0.15, 0.2) is 6.61 Å². The fraction of sp³-hybridized carbons (Fsp3) is 0.125. The second kappa shape index (κ2) is 7.65. The third kappa shape index (κ3) is 5.48. The molecular formula is C16H12F4N2O3. The van der Waals surface area contributed by atoms with E-state index >= 15 is 0 Å². The van der Waals surface area contributed by atoms with E-state index in [1.165, 1.54) is 24.3 Å². The number of para-hydroxylation sites is 1.